The van der Waals surface area contributed by atoms with E-state index >= 15 is 0 Å². The number of benzene rings is 2. The molecule has 232 valence electrons. The number of carbonyl (C=O) groups excluding carboxylic acids is 2. The van der Waals surface area contributed by atoms with Gasteiger partial charge in [0.1, 0.15) is 29.1 Å². The van der Waals surface area contributed by atoms with Crippen LogP contribution in [0.2, 0.25) is 0 Å². The zero-order valence-electron chi connectivity index (χ0n) is 24.6. The van der Waals surface area contributed by atoms with E-state index in [0.29, 0.717) is 28.5 Å². The molecule has 0 radical (unpaired) electrons. The zero-order chi connectivity index (χ0) is 31.5. The number of hydrogen-bond donors (Lipinski definition) is 3. The molecular formula is C29H36FN5O7S. The summed E-state index contributed by atoms with van der Waals surface area (Å²) < 4.78 is 53.2. The molecule has 0 saturated carbocycles. The Morgan fingerprint density at radius 3 is 2.56 bits per heavy atom. The van der Waals surface area contributed by atoms with E-state index in [1.54, 1.807) is 38.8 Å². The Morgan fingerprint density at radius 2 is 1.93 bits per heavy atom. The summed E-state index contributed by atoms with van der Waals surface area (Å²) in [6.45, 7) is 7.18. The molecule has 14 heteroatoms. The molecule has 0 spiro atoms. The van der Waals surface area contributed by atoms with E-state index in [-0.39, 0.29) is 48.5 Å². The molecule has 43 heavy (non-hydrogen) atoms. The van der Waals surface area contributed by atoms with Crippen molar-refractivity contribution in [3.63, 3.8) is 0 Å². The van der Waals surface area contributed by atoms with Gasteiger partial charge < -0.3 is 29.5 Å². The van der Waals surface area contributed by atoms with Gasteiger partial charge in [-0.05, 0) is 63.2 Å². The second-order valence-electron chi connectivity index (χ2n) is 10.8. The highest BCUT2D eigenvalue weighted by atomic mass is 32.2. The molecular weight excluding hydrogens is 581 g/mol. The Hall–Kier alpha value is -4.17. The molecule has 1 aromatic heterocycles. The lowest BCUT2D eigenvalue weighted by atomic mass is 10.0. The topological polar surface area (TPSA) is 154 Å². The van der Waals surface area contributed by atoms with Crippen LogP contribution in [0.1, 0.15) is 30.9 Å². The Balaban J connectivity index is 1.62. The molecule has 0 saturated heterocycles. The predicted molar refractivity (Wildman–Crippen MR) is 157 cm³/mol. The number of ether oxygens (including phenoxy) is 1. The second-order valence-corrected chi connectivity index (χ2v) is 12.5. The lowest BCUT2D eigenvalue weighted by molar-refractivity contribution is -0.134. The van der Waals surface area contributed by atoms with Crippen LogP contribution in [-0.4, -0.2) is 79.3 Å². The van der Waals surface area contributed by atoms with E-state index in [0.717, 1.165) is 24.3 Å². The van der Waals surface area contributed by atoms with Crippen LogP contribution in [0.5, 0.6) is 5.75 Å². The number of nitrogens with one attached hydrogen (secondary N) is 2. The predicted octanol–water partition coefficient (Wildman–Crippen LogP) is 3.54. The number of aromatic nitrogens is 1. The van der Waals surface area contributed by atoms with Gasteiger partial charge in [0, 0.05) is 30.8 Å². The highest BCUT2D eigenvalue weighted by Crippen LogP contribution is 2.30. The molecule has 2 aromatic carbocycles. The molecule has 0 bridgehead atoms. The summed E-state index contributed by atoms with van der Waals surface area (Å²) in [5.74, 6) is -0.285. The number of aliphatic hydroxyl groups excluding tert-OH is 1. The number of amides is 3. The summed E-state index contributed by atoms with van der Waals surface area (Å²) in [7, 11) is -2.43. The lowest BCUT2D eigenvalue weighted by Crippen LogP contribution is -2.48. The smallest absolute Gasteiger partial charge is 0.321 e. The van der Waals surface area contributed by atoms with Gasteiger partial charge in [0.05, 0.1) is 30.5 Å². The maximum absolute atomic E-state index is 13.5. The minimum atomic E-state index is -4.04. The van der Waals surface area contributed by atoms with Gasteiger partial charge in [0.2, 0.25) is 5.91 Å². The third kappa shape index (κ3) is 7.43. The van der Waals surface area contributed by atoms with Gasteiger partial charge in [-0.1, -0.05) is 12.1 Å². The van der Waals surface area contributed by atoms with Crippen LogP contribution in [0.25, 0.3) is 0 Å². The number of hydrogen-bond acceptors (Lipinski definition) is 8. The fourth-order valence-electron chi connectivity index (χ4n) is 4.76. The summed E-state index contributed by atoms with van der Waals surface area (Å²) in [5.41, 5.74) is 1.62. The third-order valence-corrected chi connectivity index (χ3v) is 8.76. The van der Waals surface area contributed by atoms with Crippen molar-refractivity contribution in [2.24, 2.45) is 5.92 Å². The number of rotatable bonds is 8. The SMILES string of the molecule is Cc1noc(C)c1NC(=O)N(C)C[C@@H]1Oc2ccc(NS(=O)(=O)c3ccc(F)cc3)cc2CC(=O)N([C@@H](C)CO)C[C@H]1C. The summed E-state index contributed by atoms with van der Waals surface area (Å²) in [6, 6.07) is 8.10. The van der Waals surface area contributed by atoms with Crippen LogP contribution in [0, 0.1) is 25.6 Å². The molecule has 0 unspecified atom stereocenters. The number of carbonyl (C=O) groups is 2. The molecule has 4 rings (SSSR count). The van der Waals surface area contributed by atoms with Gasteiger partial charge in [-0.2, -0.15) is 0 Å². The van der Waals surface area contributed by atoms with Crippen molar-refractivity contribution in [3.05, 3.63) is 65.3 Å². The number of fused-ring (bicyclic) bond motifs is 1. The molecule has 12 nitrogen and oxygen atoms in total. The molecule has 3 amide bonds. The van der Waals surface area contributed by atoms with E-state index in [1.807, 2.05) is 6.92 Å². The number of aliphatic hydroxyl groups is 1. The first-order valence-corrected chi connectivity index (χ1v) is 15.2. The van der Waals surface area contributed by atoms with E-state index in [4.69, 9.17) is 9.26 Å². The quantitative estimate of drug-likeness (QED) is 0.347. The van der Waals surface area contributed by atoms with Gasteiger partial charge in [-0.3, -0.25) is 9.52 Å². The maximum Gasteiger partial charge on any atom is 0.321 e. The van der Waals surface area contributed by atoms with Gasteiger partial charge in [0.15, 0.2) is 5.76 Å². The van der Waals surface area contributed by atoms with Gasteiger partial charge in [0.25, 0.3) is 10.0 Å². The zero-order valence-corrected chi connectivity index (χ0v) is 25.4. The first-order chi connectivity index (χ1) is 20.3. The monoisotopic (exact) mass is 617 g/mol. The summed E-state index contributed by atoms with van der Waals surface area (Å²) in [6.07, 6.45) is -0.701. The van der Waals surface area contributed by atoms with Crippen molar-refractivity contribution >= 4 is 33.3 Å². The molecule has 0 aliphatic carbocycles. The average Bonchev–Trinajstić information content (AvgIpc) is 3.29. The molecule has 1 aliphatic rings. The van der Waals surface area contributed by atoms with Crippen molar-refractivity contribution in [2.45, 2.75) is 51.2 Å². The van der Waals surface area contributed by atoms with Crippen LogP contribution in [-0.2, 0) is 21.2 Å². The highest BCUT2D eigenvalue weighted by Gasteiger charge is 2.32. The minimum Gasteiger partial charge on any atom is -0.488 e. The van der Waals surface area contributed by atoms with Crippen LogP contribution >= 0.6 is 0 Å². The number of nitrogens with zero attached hydrogens (tertiary/aromatic N) is 3. The largest absolute Gasteiger partial charge is 0.488 e. The van der Waals surface area contributed by atoms with E-state index in [1.165, 1.54) is 17.0 Å². The Labute approximate surface area is 249 Å². The normalized spacial score (nSPS) is 18.0. The molecule has 0 fully saturated rings. The second kappa shape index (κ2) is 13.0. The number of anilines is 2. The van der Waals surface area contributed by atoms with Crippen molar-refractivity contribution in [1.82, 2.24) is 15.0 Å². The van der Waals surface area contributed by atoms with Crippen LogP contribution < -0.4 is 14.8 Å². The van der Waals surface area contributed by atoms with Crippen LogP contribution in [0.4, 0.5) is 20.6 Å². The van der Waals surface area contributed by atoms with E-state index in [2.05, 4.69) is 15.2 Å². The fraction of sp³-hybridized carbons (Fsp3) is 0.414. The first kappa shape index (κ1) is 31.8. The van der Waals surface area contributed by atoms with Crippen molar-refractivity contribution in [2.75, 3.05) is 36.8 Å². The molecule has 3 aromatic rings. The number of halogens is 1. The minimum absolute atomic E-state index is 0.117. The van der Waals surface area contributed by atoms with E-state index < -0.39 is 34.0 Å². The Kier molecular flexibility index (Phi) is 9.60. The Bertz CT molecular complexity index is 1560. The Morgan fingerprint density at radius 1 is 1.23 bits per heavy atom. The average molecular weight is 618 g/mol. The maximum atomic E-state index is 13.5. The number of aryl methyl sites for hydroxylation is 2. The fourth-order valence-corrected chi connectivity index (χ4v) is 5.80. The van der Waals surface area contributed by atoms with Gasteiger partial charge in [-0.25, -0.2) is 17.6 Å². The van der Waals surface area contributed by atoms with Gasteiger partial charge >= 0.3 is 6.03 Å². The van der Waals surface area contributed by atoms with Crippen molar-refractivity contribution in [3.8, 4) is 5.75 Å². The number of likely N-dealkylation sites (N-methyl/N-ethyl adjacent to an activating group) is 1. The molecule has 1 aliphatic heterocycles. The van der Waals surface area contributed by atoms with Gasteiger partial charge in [-0.15, -0.1) is 0 Å². The van der Waals surface area contributed by atoms with Crippen LogP contribution in [0.15, 0.2) is 51.9 Å². The highest BCUT2D eigenvalue weighted by molar-refractivity contribution is 7.92. The summed E-state index contributed by atoms with van der Waals surface area (Å²) >= 11 is 0. The third-order valence-electron chi connectivity index (χ3n) is 7.36. The number of sulfonamides is 1. The summed E-state index contributed by atoms with van der Waals surface area (Å²) in [5, 5.41) is 16.5. The van der Waals surface area contributed by atoms with Crippen molar-refractivity contribution < 1.29 is 36.8 Å². The van der Waals surface area contributed by atoms with Crippen molar-refractivity contribution in [1.29, 1.82) is 0 Å². The molecule has 3 atom stereocenters. The van der Waals surface area contributed by atoms with E-state index in [9.17, 15) is 27.5 Å². The lowest BCUT2D eigenvalue weighted by Gasteiger charge is -2.34. The molecule has 3 N–H and O–H groups in total. The molecule has 2 heterocycles. The van der Waals surface area contributed by atoms with Crippen LogP contribution in [0.3, 0.4) is 0 Å². The number of urea groups is 1. The first-order valence-electron chi connectivity index (χ1n) is 13.7. The summed E-state index contributed by atoms with van der Waals surface area (Å²) in [4.78, 5) is 29.4. The standard InChI is InChI=1S/C29H36FN5O7S/c1-17-14-35(18(2)16-36)27(37)13-21-12-23(33-43(39,40)24-9-6-22(30)7-10-24)8-11-25(21)41-26(17)15-34(5)29(38)31-28-19(3)32-42-20(28)4/h6-12,17-18,26,33,36H,13-16H2,1-5H3,(H,31,38)/t17-,18+,26+/m1/s1.